The molecule has 118 valence electrons. The molecule has 1 aromatic heterocycles. The van der Waals surface area contributed by atoms with Crippen LogP contribution in [0, 0.1) is 0 Å². The molecule has 2 rings (SSSR count). The van der Waals surface area contributed by atoms with E-state index in [4.69, 9.17) is 5.73 Å². The Morgan fingerprint density at radius 3 is 2.81 bits per heavy atom. The third kappa shape index (κ3) is 6.42. The van der Waals surface area contributed by atoms with E-state index in [1.807, 2.05) is 19.2 Å². The number of hydrogen-bond acceptors (Lipinski definition) is 4. The number of halogens is 1. The average molecular weight is 313 g/mol. The predicted octanol–water partition coefficient (Wildman–Crippen LogP) is 1.32. The van der Waals surface area contributed by atoms with Crippen molar-refractivity contribution < 1.29 is 4.79 Å². The molecule has 6 heteroatoms. The first-order valence-corrected chi connectivity index (χ1v) is 7.29. The molecule has 0 spiro atoms. The number of rotatable bonds is 5. The van der Waals surface area contributed by atoms with Gasteiger partial charge in [0.25, 0.3) is 0 Å². The molecule has 0 saturated carbocycles. The van der Waals surface area contributed by atoms with Crippen LogP contribution in [-0.2, 0) is 11.3 Å². The van der Waals surface area contributed by atoms with Gasteiger partial charge in [-0.25, -0.2) is 0 Å². The van der Waals surface area contributed by atoms with Crippen LogP contribution in [0.15, 0.2) is 24.5 Å². The van der Waals surface area contributed by atoms with E-state index in [1.54, 1.807) is 6.20 Å². The molecule has 0 aromatic carbocycles. The van der Waals surface area contributed by atoms with Crippen molar-refractivity contribution in [2.75, 3.05) is 13.1 Å². The largest absolute Gasteiger partial charge is 0.353 e. The maximum absolute atomic E-state index is 11.7. The molecule has 1 aromatic rings. The molecule has 1 atom stereocenters. The van der Waals surface area contributed by atoms with Crippen LogP contribution in [0.1, 0.15) is 31.7 Å². The Morgan fingerprint density at radius 2 is 2.24 bits per heavy atom. The van der Waals surface area contributed by atoms with Gasteiger partial charge < -0.3 is 11.1 Å². The van der Waals surface area contributed by atoms with Crippen molar-refractivity contribution in [1.82, 2.24) is 15.2 Å². The molecule has 5 nitrogen and oxygen atoms in total. The summed E-state index contributed by atoms with van der Waals surface area (Å²) < 4.78 is 0. The quantitative estimate of drug-likeness (QED) is 0.860. The number of nitrogens with one attached hydrogen (secondary N) is 1. The van der Waals surface area contributed by atoms with Gasteiger partial charge in [-0.15, -0.1) is 12.4 Å². The Hall–Kier alpha value is -1.17. The molecule has 1 unspecified atom stereocenters. The number of nitrogens with zero attached hydrogens (tertiary/aromatic N) is 2. The monoisotopic (exact) mass is 312 g/mol. The molecule has 0 aliphatic carbocycles. The zero-order chi connectivity index (χ0) is 14.4. The Labute approximate surface area is 132 Å². The van der Waals surface area contributed by atoms with Gasteiger partial charge in [0, 0.05) is 50.5 Å². The Bertz CT molecular complexity index is 419. The molecular weight excluding hydrogens is 288 g/mol. The summed E-state index contributed by atoms with van der Waals surface area (Å²) in [5.41, 5.74) is 6.87. The van der Waals surface area contributed by atoms with Crippen molar-refractivity contribution in [2.45, 2.75) is 44.8 Å². The van der Waals surface area contributed by atoms with Crippen LogP contribution in [0.5, 0.6) is 0 Å². The number of piperidine rings is 1. The minimum Gasteiger partial charge on any atom is -0.353 e. The molecule has 1 aliphatic heterocycles. The van der Waals surface area contributed by atoms with E-state index < -0.39 is 0 Å². The van der Waals surface area contributed by atoms with Crippen LogP contribution in [-0.4, -0.2) is 41.0 Å². The maximum Gasteiger partial charge on any atom is 0.221 e. The minimum atomic E-state index is -0.0688. The summed E-state index contributed by atoms with van der Waals surface area (Å²) in [6.45, 7) is 4.82. The second-order valence-corrected chi connectivity index (χ2v) is 5.66. The van der Waals surface area contributed by atoms with Crippen molar-refractivity contribution in [3.8, 4) is 0 Å². The number of carbonyl (C=O) groups is 1. The lowest BCUT2D eigenvalue weighted by molar-refractivity contribution is -0.122. The summed E-state index contributed by atoms with van der Waals surface area (Å²) >= 11 is 0. The summed E-state index contributed by atoms with van der Waals surface area (Å²) in [6, 6.07) is 4.30. The van der Waals surface area contributed by atoms with Crippen molar-refractivity contribution in [1.29, 1.82) is 0 Å². The third-order valence-electron chi connectivity index (χ3n) is 3.59. The summed E-state index contributed by atoms with van der Waals surface area (Å²) in [5.74, 6) is 0.0747. The number of amides is 1. The van der Waals surface area contributed by atoms with Crippen LogP contribution >= 0.6 is 12.4 Å². The fraction of sp³-hybridized carbons (Fsp3) is 0.600. The lowest BCUT2D eigenvalue weighted by atomic mass is 10.0. The van der Waals surface area contributed by atoms with Crippen LogP contribution in [0.2, 0.25) is 0 Å². The van der Waals surface area contributed by atoms with Gasteiger partial charge >= 0.3 is 0 Å². The van der Waals surface area contributed by atoms with Crippen LogP contribution in [0.25, 0.3) is 0 Å². The highest BCUT2D eigenvalue weighted by atomic mass is 35.5. The van der Waals surface area contributed by atoms with E-state index in [9.17, 15) is 4.79 Å². The van der Waals surface area contributed by atoms with Gasteiger partial charge in [0.15, 0.2) is 0 Å². The van der Waals surface area contributed by atoms with Crippen molar-refractivity contribution in [3.63, 3.8) is 0 Å². The molecular formula is C15H25ClN4O. The first kappa shape index (κ1) is 17.9. The average Bonchev–Trinajstić information content (AvgIpc) is 2.41. The Kier molecular flexibility index (Phi) is 7.64. The van der Waals surface area contributed by atoms with Gasteiger partial charge in [0.1, 0.15) is 0 Å². The van der Waals surface area contributed by atoms with Crippen molar-refractivity contribution in [3.05, 3.63) is 30.1 Å². The molecule has 0 radical (unpaired) electrons. The zero-order valence-corrected chi connectivity index (χ0v) is 13.3. The van der Waals surface area contributed by atoms with Gasteiger partial charge in [-0.1, -0.05) is 6.07 Å². The lowest BCUT2D eigenvalue weighted by Crippen LogP contribution is -2.45. The number of carbonyl (C=O) groups excluding carboxylic acids is 1. The number of likely N-dealkylation sites (tertiary alicyclic amines) is 1. The highest BCUT2D eigenvalue weighted by molar-refractivity contribution is 5.85. The molecule has 21 heavy (non-hydrogen) atoms. The molecule has 0 bridgehead atoms. The molecule has 1 amide bonds. The van der Waals surface area contributed by atoms with Crippen LogP contribution < -0.4 is 11.1 Å². The minimum absolute atomic E-state index is 0. The van der Waals surface area contributed by atoms with E-state index in [2.05, 4.69) is 21.3 Å². The number of aromatic nitrogens is 1. The summed E-state index contributed by atoms with van der Waals surface area (Å²) in [5, 5.41) is 3.08. The van der Waals surface area contributed by atoms with E-state index in [1.165, 1.54) is 5.56 Å². The number of pyridine rings is 1. The van der Waals surface area contributed by atoms with Gasteiger partial charge in [-0.2, -0.15) is 0 Å². The van der Waals surface area contributed by atoms with Gasteiger partial charge in [-0.3, -0.25) is 14.7 Å². The predicted molar refractivity (Wildman–Crippen MR) is 86.2 cm³/mol. The zero-order valence-electron chi connectivity index (χ0n) is 12.5. The smallest absolute Gasteiger partial charge is 0.221 e. The van der Waals surface area contributed by atoms with Gasteiger partial charge in [-0.05, 0) is 31.4 Å². The van der Waals surface area contributed by atoms with E-state index in [0.29, 0.717) is 12.5 Å². The van der Waals surface area contributed by atoms with Gasteiger partial charge in [0.05, 0.1) is 0 Å². The molecule has 1 fully saturated rings. The van der Waals surface area contributed by atoms with E-state index in [0.717, 1.165) is 32.5 Å². The highest BCUT2D eigenvalue weighted by Crippen LogP contribution is 2.13. The van der Waals surface area contributed by atoms with Crippen LogP contribution in [0.3, 0.4) is 0 Å². The maximum atomic E-state index is 11.7. The first-order chi connectivity index (χ1) is 9.63. The Morgan fingerprint density at radius 1 is 1.52 bits per heavy atom. The molecule has 1 aliphatic rings. The van der Waals surface area contributed by atoms with Gasteiger partial charge in [0.2, 0.25) is 5.91 Å². The molecule has 1 saturated heterocycles. The number of nitrogens with two attached hydrogens (primary N) is 1. The molecule has 2 heterocycles. The van der Waals surface area contributed by atoms with E-state index in [-0.39, 0.29) is 24.4 Å². The summed E-state index contributed by atoms with van der Waals surface area (Å²) in [6.07, 6.45) is 6.13. The SMILES string of the molecule is CC(N)CC(=O)NC1CCN(Cc2cccnc2)CC1.Cl. The lowest BCUT2D eigenvalue weighted by Gasteiger charge is -2.32. The second kappa shape index (κ2) is 8.97. The van der Waals surface area contributed by atoms with Crippen LogP contribution in [0.4, 0.5) is 0 Å². The van der Waals surface area contributed by atoms with Crippen molar-refractivity contribution in [2.24, 2.45) is 5.73 Å². The normalized spacial score (nSPS) is 17.8. The second-order valence-electron chi connectivity index (χ2n) is 5.66. The fourth-order valence-electron chi connectivity index (χ4n) is 2.56. The summed E-state index contributed by atoms with van der Waals surface area (Å²) in [7, 11) is 0. The fourth-order valence-corrected chi connectivity index (χ4v) is 2.56. The Balaban J connectivity index is 0.00000220. The third-order valence-corrected chi connectivity index (χ3v) is 3.59. The van der Waals surface area contributed by atoms with E-state index >= 15 is 0 Å². The summed E-state index contributed by atoms with van der Waals surface area (Å²) in [4.78, 5) is 18.2. The molecule has 3 N–H and O–H groups in total. The number of hydrogen-bond donors (Lipinski definition) is 2. The van der Waals surface area contributed by atoms with Crippen molar-refractivity contribution >= 4 is 18.3 Å². The highest BCUT2D eigenvalue weighted by Gasteiger charge is 2.20. The first-order valence-electron chi connectivity index (χ1n) is 7.29. The topological polar surface area (TPSA) is 71.2 Å². The standard InChI is InChI=1S/C15H24N4O.ClH/c1-12(16)9-15(20)18-14-4-7-19(8-5-14)11-13-3-2-6-17-10-13;/h2-3,6,10,12,14H,4-5,7-9,11,16H2,1H3,(H,18,20);1H.